The van der Waals surface area contributed by atoms with E-state index in [0.717, 1.165) is 10.6 Å². The van der Waals surface area contributed by atoms with E-state index in [2.05, 4.69) is 32.9 Å². The monoisotopic (exact) mass is 432 g/mol. The quantitative estimate of drug-likeness (QED) is 0.438. The van der Waals surface area contributed by atoms with E-state index in [1.54, 1.807) is 23.6 Å². The topological polar surface area (TPSA) is 41.5 Å². The molecule has 0 saturated heterocycles. The van der Waals surface area contributed by atoms with E-state index in [9.17, 15) is 4.79 Å². The Balaban J connectivity index is 1.82. The zero-order chi connectivity index (χ0) is 16.1. The minimum atomic E-state index is -0.162. The summed E-state index contributed by atoms with van der Waals surface area (Å²) in [5, 5.41) is 2.89. The first kappa shape index (κ1) is 15.9. The van der Waals surface area contributed by atoms with Crippen LogP contribution < -0.4 is 5.32 Å². The molecule has 0 spiro atoms. The Bertz CT molecular complexity index is 843. The molecule has 114 valence electrons. The molecule has 1 heterocycles. The van der Waals surface area contributed by atoms with Crippen LogP contribution >= 0.6 is 33.9 Å². The lowest BCUT2D eigenvalue weighted by Gasteiger charge is -2.07. The summed E-state index contributed by atoms with van der Waals surface area (Å²) in [5.74, 6) is -0.162. The van der Waals surface area contributed by atoms with Gasteiger partial charge < -0.3 is 5.32 Å². The first-order valence-electron chi connectivity index (χ1n) is 6.97. The number of nitrogens with zero attached hydrogens (tertiary/aromatic N) is 1. The van der Waals surface area contributed by atoms with Gasteiger partial charge in [-0.25, -0.2) is 0 Å². The predicted octanol–water partition coefficient (Wildman–Crippen LogP) is 5.36. The number of carbonyl (C=O) groups is 1. The first-order chi connectivity index (χ1) is 11.2. The molecule has 0 saturated carbocycles. The van der Waals surface area contributed by atoms with Crippen molar-refractivity contribution in [2.45, 2.75) is 0 Å². The number of benzene rings is 2. The Kier molecular flexibility index (Phi) is 5.19. The molecular formula is C18H13IN2OS. The van der Waals surface area contributed by atoms with Gasteiger partial charge in [-0.1, -0.05) is 30.3 Å². The summed E-state index contributed by atoms with van der Waals surface area (Å²) in [6, 6.07) is 20.8. The van der Waals surface area contributed by atoms with Gasteiger partial charge in [0.1, 0.15) is 0 Å². The highest BCUT2D eigenvalue weighted by atomic mass is 127. The lowest BCUT2D eigenvalue weighted by atomic mass is 10.1. The minimum absolute atomic E-state index is 0.162. The number of nitrogens with one attached hydrogen (secondary N) is 1. The van der Waals surface area contributed by atoms with E-state index in [4.69, 9.17) is 0 Å². The number of rotatable bonds is 4. The largest absolute Gasteiger partial charge is 0.322 e. The average molecular weight is 432 g/mol. The van der Waals surface area contributed by atoms with Crippen LogP contribution in [0.2, 0.25) is 0 Å². The fraction of sp³-hybridized carbons (Fsp3) is 0. The Morgan fingerprint density at radius 2 is 1.74 bits per heavy atom. The number of carbonyl (C=O) groups excluding carboxylic acids is 1. The normalized spacial score (nSPS) is 10.8. The Labute approximate surface area is 152 Å². The van der Waals surface area contributed by atoms with Gasteiger partial charge in [-0.15, -0.1) is 11.3 Å². The van der Waals surface area contributed by atoms with Crippen LogP contribution in [0.15, 0.2) is 71.7 Å². The third-order valence-electron chi connectivity index (χ3n) is 3.11. The summed E-state index contributed by atoms with van der Waals surface area (Å²) in [7, 11) is 0. The van der Waals surface area contributed by atoms with Crippen LogP contribution in [0.4, 0.5) is 11.4 Å². The molecule has 23 heavy (non-hydrogen) atoms. The highest BCUT2D eigenvalue weighted by molar-refractivity contribution is 14.1. The summed E-state index contributed by atoms with van der Waals surface area (Å²) in [6.07, 6.45) is 1.79. The molecule has 0 bridgehead atoms. The van der Waals surface area contributed by atoms with E-state index in [0.29, 0.717) is 11.3 Å². The van der Waals surface area contributed by atoms with E-state index in [1.807, 2.05) is 60.7 Å². The number of hydrogen-bond acceptors (Lipinski definition) is 3. The molecule has 0 aliphatic rings. The molecule has 0 aliphatic carbocycles. The molecule has 1 N–H and O–H groups in total. The molecule has 3 aromatic rings. The maximum atomic E-state index is 12.5. The maximum Gasteiger partial charge on any atom is 0.257 e. The predicted molar refractivity (Wildman–Crippen MR) is 105 cm³/mol. The Hall–Kier alpha value is -1.99. The summed E-state index contributed by atoms with van der Waals surface area (Å²) in [5.41, 5.74) is 1.98. The van der Waals surface area contributed by atoms with Crippen molar-refractivity contribution in [1.82, 2.24) is 0 Å². The Morgan fingerprint density at radius 3 is 2.48 bits per heavy atom. The van der Waals surface area contributed by atoms with Gasteiger partial charge in [-0.05, 0) is 59.0 Å². The van der Waals surface area contributed by atoms with Gasteiger partial charge in [0.2, 0.25) is 0 Å². The molecule has 0 unspecified atom stereocenters. The fourth-order valence-electron chi connectivity index (χ4n) is 2.03. The molecule has 0 aliphatic heterocycles. The second-order valence-corrected chi connectivity index (χ2v) is 7.75. The summed E-state index contributed by atoms with van der Waals surface area (Å²) in [4.78, 5) is 18.0. The van der Waals surface area contributed by atoms with Gasteiger partial charge in [-0.2, -0.15) is 0 Å². The standard InChI is InChI=1S/C18H13IN2OS/c19-17-11-10-14(23-17)12-20-16-9-5-4-8-15(16)18(22)21-13-6-2-1-3-7-13/h1-12H,(H,21,22)/b20-12+. The van der Waals surface area contributed by atoms with Gasteiger partial charge >= 0.3 is 0 Å². The van der Waals surface area contributed by atoms with Gasteiger partial charge in [0.05, 0.1) is 14.1 Å². The lowest BCUT2D eigenvalue weighted by molar-refractivity contribution is 0.102. The van der Waals surface area contributed by atoms with Gasteiger partial charge in [0.25, 0.3) is 5.91 Å². The van der Waals surface area contributed by atoms with Crippen molar-refractivity contribution in [1.29, 1.82) is 0 Å². The highest BCUT2D eigenvalue weighted by Gasteiger charge is 2.10. The van der Waals surface area contributed by atoms with Crippen molar-refractivity contribution < 1.29 is 4.79 Å². The lowest BCUT2D eigenvalue weighted by Crippen LogP contribution is -2.11. The maximum absolute atomic E-state index is 12.5. The number of anilines is 1. The molecule has 0 fully saturated rings. The highest BCUT2D eigenvalue weighted by Crippen LogP contribution is 2.22. The minimum Gasteiger partial charge on any atom is -0.322 e. The van der Waals surface area contributed by atoms with E-state index in [1.165, 1.54) is 2.88 Å². The fourth-order valence-corrected chi connectivity index (χ4v) is 3.57. The van der Waals surface area contributed by atoms with Crippen molar-refractivity contribution >= 4 is 57.4 Å². The zero-order valence-corrected chi connectivity index (χ0v) is 15.0. The number of aliphatic imine (C=N–C) groups is 1. The molecule has 3 nitrogen and oxygen atoms in total. The molecule has 3 rings (SSSR count). The third-order valence-corrected chi connectivity index (χ3v) is 4.93. The van der Waals surface area contributed by atoms with Crippen LogP contribution in [0.5, 0.6) is 0 Å². The summed E-state index contributed by atoms with van der Waals surface area (Å²) >= 11 is 3.94. The third kappa shape index (κ3) is 4.27. The smallest absolute Gasteiger partial charge is 0.257 e. The van der Waals surface area contributed by atoms with Crippen LogP contribution in [0.1, 0.15) is 15.2 Å². The van der Waals surface area contributed by atoms with Crippen molar-refractivity contribution in [3.63, 3.8) is 0 Å². The van der Waals surface area contributed by atoms with E-state index >= 15 is 0 Å². The van der Waals surface area contributed by atoms with E-state index in [-0.39, 0.29) is 5.91 Å². The van der Waals surface area contributed by atoms with Crippen molar-refractivity contribution in [3.05, 3.63) is 80.1 Å². The molecule has 5 heteroatoms. The van der Waals surface area contributed by atoms with E-state index < -0.39 is 0 Å². The van der Waals surface area contributed by atoms with Crippen LogP contribution in [-0.2, 0) is 0 Å². The van der Waals surface area contributed by atoms with Gasteiger partial charge in [0.15, 0.2) is 0 Å². The first-order valence-corrected chi connectivity index (χ1v) is 8.87. The number of thiophene rings is 1. The van der Waals surface area contributed by atoms with Crippen molar-refractivity contribution in [3.8, 4) is 0 Å². The second-order valence-electron chi connectivity index (χ2n) is 4.74. The summed E-state index contributed by atoms with van der Waals surface area (Å²) in [6.45, 7) is 0. The molecule has 1 amide bonds. The van der Waals surface area contributed by atoms with Crippen LogP contribution in [0.25, 0.3) is 0 Å². The molecule has 1 aromatic heterocycles. The van der Waals surface area contributed by atoms with Gasteiger partial charge in [-0.3, -0.25) is 9.79 Å². The molecule has 2 aromatic carbocycles. The Morgan fingerprint density at radius 1 is 1.00 bits per heavy atom. The van der Waals surface area contributed by atoms with Crippen molar-refractivity contribution in [2.24, 2.45) is 4.99 Å². The number of hydrogen-bond donors (Lipinski definition) is 1. The number of para-hydroxylation sites is 2. The average Bonchev–Trinajstić information content (AvgIpc) is 2.99. The van der Waals surface area contributed by atoms with Crippen molar-refractivity contribution in [2.75, 3.05) is 5.32 Å². The van der Waals surface area contributed by atoms with Crippen LogP contribution in [-0.4, -0.2) is 12.1 Å². The number of halogens is 1. The van der Waals surface area contributed by atoms with Crippen LogP contribution in [0, 0.1) is 2.88 Å². The summed E-state index contributed by atoms with van der Waals surface area (Å²) < 4.78 is 1.21. The molecule has 0 radical (unpaired) electrons. The molecular weight excluding hydrogens is 419 g/mol. The van der Waals surface area contributed by atoms with Gasteiger partial charge in [0, 0.05) is 16.8 Å². The second kappa shape index (κ2) is 7.52. The zero-order valence-electron chi connectivity index (χ0n) is 12.1. The number of amides is 1. The van der Waals surface area contributed by atoms with Crippen LogP contribution in [0.3, 0.4) is 0 Å². The molecule has 0 atom stereocenters. The SMILES string of the molecule is O=C(Nc1ccccc1)c1ccccc1/N=C/c1ccc(I)s1.